The van der Waals surface area contributed by atoms with Gasteiger partial charge in [-0.25, -0.2) is 0 Å². The van der Waals surface area contributed by atoms with E-state index in [0.29, 0.717) is 24.4 Å². The summed E-state index contributed by atoms with van der Waals surface area (Å²) in [5, 5.41) is 3.43. The smallest absolute Gasteiger partial charge is 0.224 e. The van der Waals surface area contributed by atoms with Crippen LogP contribution in [0.5, 0.6) is 0 Å². The van der Waals surface area contributed by atoms with Gasteiger partial charge < -0.3 is 10.2 Å². The summed E-state index contributed by atoms with van der Waals surface area (Å²) in [6.45, 7) is 6.13. The summed E-state index contributed by atoms with van der Waals surface area (Å²) in [4.78, 5) is 14.7. The number of likely N-dealkylation sites (N-methyl/N-ethyl adjacent to an activating group) is 1. The van der Waals surface area contributed by atoms with Crippen molar-refractivity contribution < 1.29 is 4.79 Å². The van der Waals surface area contributed by atoms with Crippen molar-refractivity contribution in [3.63, 3.8) is 0 Å². The summed E-state index contributed by atoms with van der Waals surface area (Å²) in [6, 6.07) is 11.2. The van der Waals surface area contributed by atoms with E-state index >= 15 is 0 Å². The lowest BCUT2D eigenvalue weighted by Gasteiger charge is -2.31. The Morgan fingerprint density at radius 1 is 1.33 bits per heavy atom. The van der Waals surface area contributed by atoms with E-state index in [-0.39, 0.29) is 0 Å². The second-order valence-electron chi connectivity index (χ2n) is 5.93. The van der Waals surface area contributed by atoms with Crippen LogP contribution in [0.1, 0.15) is 45.1 Å². The zero-order valence-electron chi connectivity index (χ0n) is 13.3. The molecule has 116 valence electrons. The van der Waals surface area contributed by atoms with E-state index in [9.17, 15) is 4.79 Å². The molecule has 0 radical (unpaired) electrons. The maximum absolute atomic E-state index is 12.6. The molecule has 1 N–H and O–H groups in total. The molecule has 0 spiro atoms. The highest BCUT2D eigenvalue weighted by molar-refractivity contribution is 5.77. The van der Waals surface area contributed by atoms with Crippen LogP contribution in [0, 0.1) is 0 Å². The highest BCUT2D eigenvalue weighted by atomic mass is 16.2. The van der Waals surface area contributed by atoms with Crippen molar-refractivity contribution >= 4 is 5.91 Å². The van der Waals surface area contributed by atoms with Crippen LogP contribution in [0.25, 0.3) is 0 Å². The Bertz CT molecular complexity index is 426. The van der Waals surface area contributed by atoms with Gasteiger partial charge in [-0.2, -0.15) is 0 Å². The Morgan fingerprint density at radius 2 is 2.10 bits per heavy atom. The highest BCUT2D eigenvalue weighted by Crippen LogP contribution is 2.16. The molecule has 2 unspecified atom stereocenters. The normalized spacial score (nSPS) is 19.4. The molecule has 1 aliphatic heterocycles. The number of carbonyl (C=O) groups excluding carboxylic acids is 1. The SMILES string of the molecule is CCC(Cc1ccccc1)N(CC)C(=O)CC1CCCN1. The lowest BCUT2D eigenvalue weighted by Crippen LogP contribution is -2.43. The highest BCUT2D eigenvalue weighted by Gasteiger charge is 2.25. The number of hydrogen-bond donors (Lipinski definition) is 1. The van der Waals surface area contributed by atoms with Gasteiger partial charge in [0.25, 0.3) is 0 Å². The molecule has 2 rings (SSSR count). The van der Waals surface area contributed by atoms with Crippen LogP contribution < -0.4 is 5.32 Å². The molecule has 2 atom stereocenters. The van der Waals surface area contributed by atoms with Gasteiger partial charge in [0.05, 0.1) is 0 Å². The quantitative estimate of drug-likeness (QED) is 0.836. The third kappa shape index (κ3) is 4.57. The largest absolute Gasteiger partial charge is 0.340 e. The molecule has 1 fully saturated rings. The fourth-order valence-electron chi connectivity index (χ4n) is 3.26. The van der Waals surface area contributed by atoms with Gasteiger partial charge in [0.1, 0.15) is 0 Å². The molecule has 0 aromatic heterocycles. The third-order valence-electron chi connectivity index (χ3n) is 4.47. The molecular weight excluding hydrogens is 260 g/mol. The molecule has 21 heavy (non-hydrogen) atoms. The van der Waals surface area contributed by atoms with E-state index in [1.54, 1.807) is 0 Å². The van der Waals surface area contributed by atoms with Crippen molar-refractivity contribution in [1.82, 2.24) is 10.2 Å². The minimum Gasteiger partial charge on any atom is -0.340 e. The Balaban J connectivity index is 1.97. The average molecular weight is 288 g/mol. The van der Waals surface area contributed by atoms with Crippen molar-refractivity contribution in [3.8, 4) is 0 Å². The van der Waals surface area contributed by atoms with Crippen molar-refractivity contribution in [2.45, 2.75) is 58.0 Å². The van der Waals surface area contributed by atoms with Crippen LogP contribution in [0.2, 0.25) is 0 Å². The fraction of sp³-hybridized carbons (Fsp3) is 0.611. The number of carbonyl (C=O) groups is 1. The van der Waals surface area contributed by atoms with Gasteiger partial charge >= 0.3 is 0 Å². The molecule has 1 aliphatic rings. The Kier molecular flexibility index (Phi) is 6.24. The molecule has 1 amide bonds. The first-order valence-electron chi connectivity index (χ1n) is 8.31. The summed E-state index contributed by atoms with van der Waals surface area (Å²) in [5.41, 5.74) is 1.31. The molecule has 1 aromatic rings. The van der Waals surface area contributed by atoms with Crippen LogP contribution >= 0.6 is 0 Å². The van der Waals surface area contributed by atoms with Crippen molar-refractivity contribution in [2.24, 2.45) is 0 Å². The Morgan fingerprint density at radius 3 is 2.67 bits per heavy atom. The number of amides is 1. The van der Waals surface area contributed by atoms with Gasteiger partial charge in [-0.3, -0.25) is 4.79 Å². The predicted molar refractivity (Wildman–Crippen MR) is 87.3 cm³/mol. The van der Waals surface area contributed by atoms with E-state index in [2.05, 4.69) is 48.3 Å². The zero-order chi connectivity index (χ0) is 15.1. The zero-order valence-corrected chi connectivity index (χ0v) is 13.3. The number of nitrogens with one attached hydrogen (secondary N) is 1. The summed E-state index contributed by atoms with van der Waals surface area (Å²) in [5.74, 6) is 0.305. The standard InChI is InChI=1S/C18H28N2O/c1-3-17(13-15-9-6-5-7-10-15)20(4-2)18(21)14-16-11-8-12-19-16/h5-7,9-10,16-17,19H,3-4,8,11-14H2,1-2H3. The molecule has 1 heterocycles. The minimum atomic E-state index is 0.305. The third-order valence-corrected chi connectivity index (χ3v) is 4.47. The van der Waals surface area contributed by atoms with Gasteiger partial charge in [0.15, 0.2) is 0 Å². The van der Waals surface area contributed by atoms with Crippen molar-refractivity contribution in [3.05, 3.63) is 35.9 Å². The fourth-order valence-corrected chi connectivity index (χ4v) is 3.26. The van der Waals surface area contributed by atoms with Gasteiger partial charge in [-0.1, -0.05) is 37.3 Å². The number of nitrogens with zero attached hydrogens (tertiary/aromatic N) is 1. The average Bonchev–Trinajstić information content (AvgIpc) is 3.01. The van der Waals surface area contributed by atoms with E-state index in [1.807, 2.05) is 6.07 Å². The van der Waals surface area contributed by atoms with E-state index in [4.69, 9.17) is 0 Å². The number of rotatable bonds is 7. The first-order valence-corrected chi connectivity index (χ1v) is 8.31. The summed E-state index contributed by atoms with van der Waals surface area (Å²) >= 11 is 0. The maximum Gasteiger partial charge on any atom is 0.224 e. The Labute approximate surface area is 128 Å². The topological polar surface area (TPSA) is 32.3 Å². The summed E-state index contributed by atoms with van der Waals surface area (Å²) in [7, 11) is 0. The van der Waals surface area contributed by atoms with Gasteiger partial charge in [-0.05, 0) is 44.7 Å². The molecule has 0 aliphatic carbocycles. The van der Waals surface area contributed by atoms with E-state index in [0.717, 1.165) is 32.4 Å². The number of hydrogen-bond acceptors (Lipinski definition) is 2. The van der Waals surface area contributed by atoms with Crippen LogP contribution in [0.15, 0.2) is 30.3 Å². The Hall–Kier alpha value is -1.35. The summed E-state index contributed by atoms with van der Waals surface area (Å²) < 4.78 is 0. The van der Waals surface area contributed by atoms with E-state index in [1.165, 1.54) is 12.0 Å². The van der Waals surface area contributed by atoms with Gasteiger partial charge in [0.2, 0.25) is 5.91 Å². The predicted octanol–water partition coefficient (Wildman–Crippen LogP) is 3.00. The second kappa shape index (κ2) is 8.18. The van der Waals surface area contributed by atoms with Crippen molar-refractivity contribution in [1.29, 1.82) is 0 Å². The first-order chi connectivity index (χ1) is 10.2. The van der Waals surface area contributed by atoms with Crippen LogP contribution in [-0.2, 0) is 11.2 Å². The molecule has 0 saturated carbocycles. The molecule has 3 nitrogen and oxygen atoms in total. The lowest BCUT2D eigenvalue weighted by molar-refractivity contribution is -0.133. The van der Waals surface area contributed by atoms with Gasteiger partial charge in [-0.15, -0.1) is 0 Å². The summed E-state index contributed by atoms with van der Waals surface area (Å²) in [6.07, 6.45) is 4.95. The van der Waals surface area contributed by atoms with E-state index < -0.39 is 0 Å². The monoisotopic (exact) mass is 288 g/mol. The lowest BCUT2D eigenvalue weighted by atomic mass is 10.0. The number of benzene rings is 1. The minimum absolute atomic E-state index is 0.305. The first kappa shape index (κ1) is 16.0. The second-order valence-corrected chi connectivity index (χ2v) is 5.93. The molecular formula is C18H28N2O. The molecule has 3 heteroatoms. The van der Waals surface area contributed by atoms with Crippen LogP contribution in [-0.4, -0.2) is 36.0 Å². The van der Waals surface area contributed by atoms with Gasteiger partial charge in [0, 0.05) is 25.0 Å². The van der Waals surface area contributed by atoms with Crippen molar-refractivity contribution in [2.75, 3.05) is 13.1 Å². The van der Waals surface area contributed by atoms with Crippen LogP contribution in [0.3, 0.4) is 0 Å². The molecule has 1 aromatic carbocycles. The molecule has 0 bridgehead atoms. The molecule has 1 saturated heterocycles. The van der Waals surface area contributed by atoms with Crippen LogP contribution in [0.4, 0.5) is 0 Å². The maximum atomic E-state index is 12.6.